The summed E-state index contributed by atoms with van der Waals surface area (Å²) in [6.45, 7) is 4.05. The zero-order valence-corrected chi connectivity index (χ0v) is 15.4. The van der Waals surface area contributed by atoms with E-state index < -0.39 is 10.8 Å². The Bertz CT molecular complexity index is 781. The molecule has 0 saturated heterocycles. The van der Waals surface area contributed by atoms with Gasteiger partial charge in [-0.1, -0.05) is 30.0 Å². The summed E-state index contributed by atoms with van der Waals surface area (Å²) < 4.78 is 11.2. The molecule has 1 amide bonds. The molecule has 1 N–H and O–H groups in total. The first-order chi connectivity index (χ1) is 12.0. The highest BCUT2D eigenvalue weighted by molar-refractivity contribution is 8.01. The minimum absolute atomic E-state index is 0.144. The molecular weight excluding hydrogens is 368 g/mol. The normalized spacial score (nSPS) is 10.4. The number of hydrogen-bond donors (Lipinski definition) is 1. The number of nitrogens with zero attached hydrogens (tertiary/aromatic N) is 3. The number of benzene rings is 1. The Kier molecular flexibility index (Phi) is 6.53. The van der Waals surface area contributed by atoms with Gasteiger partial charge in [0.1, 0.15) is 5.56 Å². The number of thioether (sulfide) groups is 1. The van der Waals surface area contributed by atoms with Crippen molar-refractivity contribution in [2.75, 3.05) is 24.8 Å². The van der Waals surface area contributed by atoms with Crippen LogP contribution in [-0.2, 0) is 0 Å². The molecule has 9 nitrogen and oxygen atoms in total. The molecule has 0 spiro atoms. The first kappa shape index (κ1) is 18.9. The van der Waals surface area contributed by atoms with Gasteiger partial charge >= 0.3 is 0 Å². The molecule has 0 aliphatic carbocycles. The molecule has 2 aromatic rings. The van der Waals surface area contributed by atoms with Crippen LogP contribution in [-0.4, -0.2) is 40.5 Å². The van der Waals surface area contributed by atoms with Crippen LogP contribution in [0, 0.1) is 10.1 Å². The van der Waals surface area contributed by atoms with Gasteiger partial charge in [0, 0.05) is 6.07 Å². The van der Waals surface area contributed by atoms with Gasteiger partial charge in [0.25, 0.3) is 11.6 Å². The van der Waals surface area contributed by atoms with Crippen LogP contribution in [0.2, 0.25) is 0 Å². The Morgan fingerprint density at radius 1 is 1.36 bits per heavy atom. The maximum Gasteiger partial charge on any atom is 0.286 e. The maximum atomic E-state index is 12.5. The van der Waals surface area contributed by atoms with Crippen molar-refractivity contribution in [2.24, 2.45) is 0 Å². The SMILES string of the molecule is CCOc1cc(C(=O)Nc2nnc(SCC)s2)c([N+](=O)[O-])cc1OC. The summed E-state index contributed by atoms with van der Waals surface area (Å²) in [5.41, 5.74) is -0.528. The largest absolute Gasteiger partial charge is 0.493 e. The fourth-order valence-electron chi connectivity index (χ4n) is 1.92. The number of amides is 1. The molecule has 0 fully saturated rings. The number of hydrogen-bond acceptors (Lipinski definition) is 9. The number of nitro groups is 1. The highest BCUT2D eigenvalue weighted by atomic mass is 32.2. The highest BCUT2D eigenvalue weighted by Crippen LogP contribution is 2.35. The summed E-state index contributed by atoms with van der Waals surface area (Å²) in [5.74, 6) is 0.590. The lowest BCUT2D eigenvalue weighted by Crippen LogP contribution is -2.14. The maximum absolute atomic E-state index is 12.5. The summed E-state index contributed by atoms with van der Waals surface area (Å²) in [7, 11) is 1.37. The van der Waals surface area contributed by atoms with Gasteiger partial charge in [-0.25, -0.2) is 0 Å². The van der Waals surface area contributed by atoms with Crippen molar-refractivity contribution in [2.45, 2.75) is 18.2 Å². The summed E-state index contributed by atoms with van der Waals surface area (Å²) in [5, 5.41) is 21.9. The molecule has 2 rings (SSSR count). The van der Waals surface area contributed by atoms with Crippen molar-refractivity contribution < 1.29 is 19.2 Å². The van der Waals surface area contributed by atoms with Crippen molar-refractivity contribution in [3.8, 4) is 11.5 Å². The number of carbonyl (C=O) groups is 1. The monoisotopic (exact) mass is 384 g/mol. The fourth-order valence-corrected chi connectivity index (χ4v) is 3.56. The van der Waals surface area contributed by atoms with Crippen LogP contribution >= 0.6 is 23.1 Å². The molecular formula is C14H16N4O5S2. The van der Waals surface area contributed by atoms with Crippen LogP contribution in [0.1, 0.15) is 24.2 Å². The summed E-state index contributed by atoms with van der Waals surface area (Å²) in [4.78, 5) is 23.1. The number of methoxy groups -OCH3 is 1. The second kappa shape index (κ2) is 8.62. The van der Waals surface area contributed by atoms with Crippen LogP contribution < -0.4 is 14.8 Å². The Morgan fingerprint density at radius 2 is 2.12 bits per heavy atom. The Balaban J connectivity index is 2.35. The van der Waals surface area contributed by atoms with E-state index >= 15 is 0 Å². The lowest BCUT2D eigenvalue weighted by Gasteiger charge is -2.11. The van der Waals surface area contributed by atoms with Crippen LogP contribution in [0.25, 0.3) is 0 Å². The summed E-state index contributed by atoms with van der Waals surface area (Å²) in [6, 6.07) is 2.46. The zero-order valence-electron chi connectivity index (χ0n) is 13.8. The Hall–Kier alpha value is -2.40. The Morgan fingerprint density at radius 3 is 2.72 bits per heavy atom. The van der Waals surface area contributed by atoms with E-state index in [1.165, 1.54) is 42.3 Å². The topological polar surface area (TPSA) is 116 Å². The highest BCUT2D eigenvalue weighted by Gasteiger charge is 2.25. The third-order valence-corrected chi connectivity index (χ3v) is 4.77. The van der Waals surface area contributed by atoms with E-state index in [1.54, 1.807) is 6.92 Å². The van der Waals surface area contributed by atoms with Gasteiger partial charge in [-0.2, -0.15) is 0 Å². The van der Waals surface area contributed by atoms with Crippen LogP contribution in [0.4, 0.5) is 10.8 Å². The van der Waals surface area contributed by atoms with Gasteiger partial charge in [0.05, 0.1) is 24.7 Å². The first-order valence-corrected chi connectivity index (χ1v) is 9.07. The number of aromatic nitrogens is 2. The van der Waals surface area contributed by atoms with Crippen LogP contribution in [0.3, 0.4) is 0 Å². The van der Waals surface area contributed by atoms with Gasteiger partial charge in [0.15, 0.2) is 15.8 Å². The van der Waals surface area contributed by atoms with Crippen LogP contribution in [0.5, 0.6) is 11.5 Å². The molecule has 134 valence electrons. The van der Waals surface area contributed by atoms with Crippen LogP contribution in [0.15, 0.2) is 16.5 Å². The number of carbonyl (C=O) groups excluding carboxylic acids is 1. The molecule has 0 aliphatic heterocycles. The number of nitro benzene ring substituents is 1. The average Bonchev–Trinajstić information content (AvgIpc) is 3.02. The lowest BCUT2D eigenvalue weighted by molar-refractivity contribution is -0.385. The van der Waals surface area contributed by atoms with Gasteiger partial charge < -0.3 is 9.47 Å². The van der Waals surface area contributed by atoms with E-state index in [1.807, 2.05) is 6.92 Å². The van der Waals surface area contributed by atoms with Gasteiger partial charge in [-0.15, -0.1) is 10.2 Å². The second-order valence-electron chi connectivity index (χ2n) is 4.47. The van der Waals surface area contributed by atoms with E-state index in [0.29, 0.717) is 10.9 Å². The average molecular weight is 384 g/mol. The molecule has 0 atom stereocenters. The van der Waals surface area contributed by atoms with Gasteiger partial charge in [-0.05, 0) is 12.7 Å². The molecule has 1 aromatic heterocycles. The number of anilines is 1. The van der Waals surface area contributed by atoms with E-state index in [9.17, 15) is 14.9 Å². The quantitative estimate of drug-likeness (QED) is 0.319. The fraction of sp³-hybridized carbons (Fsp3) is 0.357. The van der Waals surface area contributed by atoms with Crippen molar-refractivity contribution in [1.29, 1.82) is 0 Å². The number of ether oxygens (including phenoxy) is 2. The standard InChI is InChI=1S/C14H16N4O5S2/c1-4-23-11-6-8(9(18(20)21)7-10(11)22-3)12(19)15-13-16-17-14(25-13)24-5-2/h6-7H,4-5H2,1-3H3,(H,15,16,19). The minimum atomic E-state index is -0.667. The van der Waals surface area contributed by atoms with Gasteiger partial charge in [-0.3, -0.25) is 20.2 Å². The summed E-state index contributed by atoms with van der Waals surface area (Å²) in [6.07, 6.45) is 0. The second-order valence-corrected chi connectivity index (χ2v) is 6.96. The minimum Gasteiger partial charge on any atom is -0.493 e. The molecule has 1 aromatic carbocycles. The molecule has 11 heteroatoms. The molecule has 0 radical (unpaired) electrons. The number of nitrogens with one attached hydrogen (secondary N) is 1. The zero-order chi connectivity index (χ0) is 18.4. The van der Waals surface area contributed by atoms with E-state index in [2.05, 4.69) is 15.5 Å². The molecule has 0 unspecified atom stereocenters. The number of rotatable bonds is 8. The lowest BCUT2D eigenvalue weighted by atomic mass is 10.1. The smallest absolute Gasteiger partial charge is 0.286 e. The van der Waals surface area contributed by atoms with Crippen molar-refractivity contribution in [3.63, 3.8) is 0 Å². The predicted molar refractivity (Wildman–Crippen MR) is 95.1 cm³/mol. The Labute approximate surface area is 151 Å². The molecule has 25 heavy (non-hydrogen) atoms. The van der Waals surface area contributed by atoms with Gasteiger partial charge in [0.2, 0.25) is 5.13 Å². The molecule has 0 aliphatic rings. The van der Waals surface area contributed by atoms with E-state index in [-0.39, 0.29) is 27.9 Å². The van der Waals surface area contributed by atoms with Crippen molar-refractivity contribution in [1.82, 2.24) is 10.2 Å². The predicted octanol–water partition coefficient (Wildman–Crippen LogP) is 3.22. The third-order valence-electron chi connectivity index (χ3n) is 2.92. The molecule has 0 bridgehead atoms. The third kappa shape index (κ3) is 4.57. The first-order valence-electron chi connectivity index (χ1n) is 7.27. The molecule has 1 heterocycles. The van der Waals surface area contributed by atoms with Crippen molar-refractivity contribution >= 4 is 39.8 Å². The summed E-state index contributed by atoms with van der Waals surface area (Å²) >= 11 is 2.69. The molecule has 0 saturated carbocycles. The van der Waals surface area contributed by atoms with E-state index in [0.717, 1.165) is 5.75 Å². The van der Waals surface area contributed by atoms with Crippen molar-refractivity contribution in [3.05, 3.63) is 27.8 Å². The van der Waals surface area contributed by atoms with E-state index in [4.69, 9.17) is 9.47 Å².